The molecule has 1 aromatic carbocycles. The van der Waals surface area contributed by atoms with Gasteiger partial charge in [-0.05, 0) is 69.3 Å². The first kappa shape index (κ1) is 20.7. The highest BCUT2D eigenvalue weighted by Crippen LogP contribution is 2.35. The van der Waals surface area contributed by atoms with Crippen molar-refractivity contribution in [3.8, 4) is 6.07 Å². The Morgan fingerprint density at radius 1 is 1.13 bits per heavy atom. The van der Waals surface area contributed by atoms with Gasteiger partial charge in [0.2, 0.25) is 0 Å². The number of nitrogens with zero attached hydrogens (tertiary/aromatic N) is 3. The Hall–Kier alpha value is -2.59. The Bertz CT molecular complexity index is 818. The Morgan fingerprint density at radius 2 is 1.80 bits per heavy atom. The van der Waals surface area contributed by atoms with E-state index in [-0.39, 0.29) is 24.0 Å². The standard InChI is InChI=1S/C23H30N4O3/c1-30-21(28)17-2-6-19(7-3-17)26-14-15-27(22(26)29)20-8-4-18(5-9-20)23(16-24)10-12-25-13-11-23/h4-5,8-9,17,19,25H,2-3,6-7,10-15H2,1H3. The first-order valence-corrected chi connectivity index (χ1v) is 11.0. The molecule has 160 valence electrons. The van der Waals surface area contributed by atoms with Gasteiger partial charge in [0.15, 0.2) is 0 Å². The van der Waals surface area contributed by atoms with E-state index in [9.17, 15) is 14.9 Å². The van der Waals surface area contributed by atoms with Crippen molar-refractivity contribution in [1.82, 2.24) is 10.2 Å². The minimum Gasteiger partial charge on any atom is -0.469 e. The molecule has 7 nitrogen and oxygen atoms in total. The zero-order chi connectivity index (χ0) is 21.1. The quantitative estimate of drug-likeness (QED) is 0.772. The molecule has 0 atom stereocenters. The number of rotatable bonds is 4. The zero-order valence-electron chi connectivity index (χ0n) is 17.6. The number of methoxy groups -OCH3 is 1. The van der Waals surface area contributed by atoms with Crippen LogP contribution in [0.2, 0.25) is 0 Å². The van der Waals surface area contributed by atoms with E-state index in [4.69, 9.17) is 4.74 Å². The number of esters is 1. The molecule has 0 aromatic heterocycles. The largest absolute Gasteiger partial charge is 0.469 e. The molecule has 2 aliphatic heterocycles. The number of ether oxygens (including phenoxy) is 1. The summed E-state index contributed by atoms with van der Waals surface area (Å²) in [5.41, 5.74) is 1.50. The molecule has 7 heteroatoms. The molecular formula is C23H30N4O3. The van der Waals surface area contributed by atoms with Crippen LogP contribution in [-0.2, 0) is 14.9 Å². The van der Waals surface area contributed by atoms with Crippen molar-refractivity contribution in [2.45, 2.75) is 50.0 Å². The summed E-state index contributed by atoms with van der Waals surface area (Å²) in [5.74, 6) is -0.165. The van der Waals surface area contributed by atoms with E-state index in [2.05, 4.69) is 11.4 Å². The smallest absolute Gasteiger partial charge is 0.324 e. The van der Waals surface area contributed by atoms with Crippen molar-refractivity contribution in [3.63, 3.8) is 0 Å². The third-order valence-electron chi connectivity index (χ3n) is 7.12. The van der Waals surface area contributed by atoms with Crippen molar-refractivity contribution >= 4 is 17.7 Å². The summed E-state index contributed by atoms with van der Waals surface area (Å²) in [5, 5.41) is 13.1. The highest BCUT2D eigenvalue weighted by molar-refractivity contribution is 5.94. The van der Waals surface area contributed by atoms with Crippen LogP contribution >= 0.6 is 0 Å². The molecule has 4 rings (SSSR count). The average molecular weight is 411 g/mol. The Labute approximate surface area is 178 Å². The van der Waals surface area contributed by atoms with Crippen LogP contribution in [0.25, 0.3) is 0 Å². The lowest BCUT2D eigenvalue weighted by atomic mass is 9.74. The molecule has 0 bridgehead atoms. The molecule has 1 saturated carbocycles. The number of nitriles is 1. The van der Waals surface area contributed by atoms with Gasteiger partial charge in [-0.2, -0.15) is 5.26 Å². The number of piperidine rings is 1. The van der Waals surface area contributed by atoms with E-state index < -0.39 is 5.41 Å². The van der Waals surface area contributed by atoms with E-state index in [0.29, 0.717) is 13.1 Å². The highest BCUT2D eigenvalue weighted by atomic mass is 16.5. The van der Waals surface area contributed by atoms with Crippen molar-refractivity contribution in [1.29, 1.82) is 5.26 Å². The minimum absolute atomic E-state index is 0.0324. The van der Waals surface area contributed by atoms with Crippen LogP contribution in [0.5, 0.6) is 0 Å². The third kappa shape index (κ3) is 3.77. The molecule has 0 radical (unpaired) electrons. The molecule has 0 spiro atoms. The summed E-state index contributed by atoms with van der Waals surface area (Å²) >= 11 is 0. The molecule has 1 N–H and O–H groups in total. The summed E-state index contributed by atoms with van der Waals surface area (Å²) in [4.78, 5) is 28.6. The number of benzene rings is 1. The van der Waals surface area contributed by atoms with Crippen molar-refractivity contribution < 1.29 is 14.3 Å². The second-order valence-corrected chi connectivity index (χ2v) is 8.65. The van der Waals surface area contributed by atoms with Gasteiger partial charge < -0.3 is 15.0 Å². The Morgan fingerprint density at radius 3 is 2.40 bits per heavy atom. The molecule has 0 unspecified atom stereocenters. The van der Waals surface area contributed by atoms with Gasteiger partial charge in [-0.1, -0.05) is 12.1 Å². The minimum atomic E-state index is -0.427. The molecule has 30 heavy (non-hydrogen) atoms. The van der Waals surface area contributed by atoms with Crippen molar-refractivity contribution in [3.05, 3.63) is 29.8 Å². The first-order valence-electron chi connectivity index (χ1n) is 11.0. The fraction of sp³-hybridized carbons (Fsp3) is 0.609. The summed E-state index contributed by atoms with van der Waals surface area (Å²) in [6.07, 6.45) is 4.87. The number of nitrogens with one attached hydrogen (secondary N) is 1. The number of hydrogen-bond acceptors (Lipinski definition) is 5. The maximum absolute atomic E-state index is 13.1. The van der Waals surface area contributed by atoms with Gasteiger partial charge in [0.25, 0.3) is 0 Å². The van der Waals surface area contributed by atoms with Crippen LogP contribution in [0, 0.1) is 17.2 Å². The number of carbonyl (C=O) groups is 2. The number of anilines is 1. The molecule has 2 saturated heterocycles. The van der Waals surface area contributed by atoms with Gasteiger partial charge in [0.1, 0.15) is 0 Å². The molecule has 3 fully saturated rings. The lowest BCUT2D eigenvalue weighted by Gasteiger charge is -2.33. The molecule has 2 heterocycles. The number of amides is 2. The lowest BCUT2D eigenvalue weighted by molar-refractivity contribution is -0.146. The second kappa shape index (κ2) is 8.65. The predicted octanol–water partition coefficient (Wildman–Crippen LogP) is 2.81. The van der Waals surface area contributed by atoms with E-state index in [1.54, 1.807) is 0 Å². The van der Waals surface area contributed by atoms with E-state index >= 15 is 0 Å². The first-order chi connectivity index (χ1) is 14.6. The molecule has 1 aliphatic carbocycles. The van der Waals surface area contributed by atoms with Crippen LogP contribution < -0.4 is 10.2 Å². The van der Waals surface area contributed by atoms with Crippen molar-refractivity contribution in [2.24, 2.45) is 5.92 Å². The van der Waals surface area contributed by atoms with Gasteiger partial charge in [-0.25, -0.2) is 4.79 Å². The van der Waals surface area contributed by atoms with Crippen LogP contribution in [0.3, 0.4) is 0 Å². The van der Waals surface area contributed by atoms with Crippen LogP contribution in [0.1, 0.15) is 44.1 Å². The number of urea groups is 1. The van der Waals surface area contributed by atoms with Gasteiger partial charge in [0, 0.05) is 24.8 Å². The summed E-state index contributed by atoms with van der Waals surface area (Å²) < 4.78 is 4.86. The molecule has 2 amide bonds. The maximum Gasteiger partial charge on any atom is 0.324 e. The fourth-order valence-electron chi connectivity index (χ4n) is 5.20. The predicted molar refractivity (Wildman–Crippen MR) is 113 cm³/mol. The Balaban J connectivity index is 1.41. The average Bonchev–Trinajstić information content (AvgIpc) is 3.20. The lowest BCUT2D eigenvalue weighted by Crippen LogP contribution is -2.42. The van der Waals surface area contributed by atoms with Gasteiger partial charge in [-0.15, -0.1) is 0 Å². The molecule has 3 aliphatic rings. The normalized spacial score (nSPS) is 26.3. The Kier molecular flexibility index (Phi) is 5.96. The monoisotopic (exact) mass is 410 g/mol. The topological polar surface area (TPSA) is 85.7 Å². The van der Waals surface area contributed by atoms with Crippen LogP contribution in [-0.4, -0.2) is 56.2 Å². The van der Waals surface area contributed by atoms with E-state index in [0.717, 1.165) is 62.9 Å². The third-order valence-corrected chi connectivity index (χ3v) is 7.12. The fourth-order valence-corrected chi connectivity index (χ4v) is 5.20. The number of hydrogen-bond donors (Lipinski definition) is 1. The summed E-state index contributed by atoms with van der Waals surface area (Å²) in [6, 6.07) is 10.8. The van der Waals surface area contributed by atoms with Crippen molar-refractivity contribution in [2.75, 3.05) is 38.2 Å². The van der Waals surface area contributed by atoms with E-state index in [1.165, 1.54) is 7.11 Å². The van der Waals surface area contributed by atoms with Gasteiger partial charge >= 0.3 is 12.0 Å². The van der Waals surface area contributed by atoms with E-state index in [1.807, 2.05) is 34.1 Å². The van der Waals surface area contributed by atoms with Crippen LogP contribution in [0.15, 0.2) is 24.3 Å². The zero-order valence-corrected chi connectivity index (χ0v) is 17.6. The van der Waals surface area contributed by atoms with Gasteiger partial charge in [-0.3, -0.25) is 9.69 Å². The SMILES string of the molecule is COC(=O)C1CCC(N2CCN(c3ccc(C4(C#N)CCNCC4)cc3)C2=O)CC1. The number of carbonyl (C=O) groups excluding carboxylic acids is 2. The van der Waals surface area contributed by atoms with Gasteiger partial charge in [0.05, 0.1) is 24.5 Å². The molecular weight excluding hydrogens is 380 g/mol. The second-order valence-electron chi connectivity index (χ2n) is 8.65. The molecule has 1 aromatic rings. The maximum atomic E-state index is 13.1. The highest BCUT2D eigenvalue weighted by Gasteiger charge is 2.38. The summed E-state index contributed by atoms with van der Waals surface area (Å²) in [7, 11) is 1.44. The van der Waals surface area contributed by atoms with Crippen LogP contribution in [0.4, 0.5) is 10.5 Å². The summed E-state index contributed by atoms with van der Waals surface area (Å²) in [6.45, 7) is 3.09.